The third-order valence-corrected chi connectivity index (χ3v) is 3.87. The number of amides is 1. The zero-order valence-corrected chi connectivity index (χ0v) is 13.2. The molecule has 2 aliphatic heterocycles. The van der Waals surface area contributed by atoms with Gasteiger partial charge < -0.3 is 14.2 Å². The highest BCUT2D eigenvalue weighted by molar-refractivity contribution is 7.85. The van der Waals surface area contributed by atoms with E-state index >= 15 is 0 Å². The standard InChI is InChI=1S/C13H16N2O7S/c1-23(17,18)21-5-4-9-8-15(13(16)22-9)11-3-2-10-12(14-11)20-7-6-19-10/h2-3,9H,4-8H2,1H3. The average molecular weight is 344 g/mol. The number of cyclic esters (lactones) is 1. The lowest BCUT2D eigenvalue weighted by Gasteiger charge is -2.19. The zero-order chi connectivity index (χ0) is 16.4. The van der Waals surface area contributed by atoms with E-state index in [-0.39, 0.29) is 19.6 Å². The molecule has 3 heterocycles. The fraction of sp³-hybridized carbons (Fsp3) is 0.538. The van der Waals surface area contributed by atoms with Crippen LogP contribution in [0.4, 0.5) is 10.6 Å². The van der Waals surface area contributed by atoms with Gasteiger partial charge in [0, 0.05) is 6.42 Å². The molecular weight excluding hydrogens is 328 g/mol. The molecule has 1 aromatic heterocycles. The van der Waals surface area contributed by atoms with Gasteiger partial charge in [-0.1, -0.05) is 0 Å². The second-order valence-electron chi connectivity index (χ2n) is 5.10. The Balaban J connectivity index is 1.63. The number of anilines is 1. The zero-order valence-electron chi connectivity index (χ0n) is 12.4. The van der Waals surface area contributed by atoms with Crippen molar-refractivity contribution >= 4 is 22.0 Å². The first-order chi connectivity index (χ1) is 10.9. The summed E-state index contributed by atoms with van der Waals surface area (Å²) in [4.78, 5) is 17.6. The molecule has 0 bridgehead atoms. The lowest BCUT2D eigenvalue weighted by atomic mass is 10.2. The first-order valence-corrected chi connectivity index (χ1v) is 8.83. The highest BCUT2D eigenvalue weighted by Gasteiger charge is 2.33. The van der Waals surface area contributed by atoms with E-state index in [9.17, 15) is 13.2 Å². The Morgan fingerprint density at radius 2 is 2.13 bits per heavy atom. The number of hydrogen-bond acceptors (Lipinski definition) is 8. The van der Waals surface area contributed by atoms with Crippen LogP contribution in [0.1, 0.15) is 6.42 Å². The molecular formula is C13H16N2O7S. The first kappa shape index (κ1) is 15.8. The quantitative estimate of drug-likeness (QED) is 0.713. The van der Waals surface area contributed by atoms with E-state index in [0.29, 0.717) is 30.7 Å². The number of carbonyl (C=O) groups is 1. The van der Waals surface area contributed by atoms with Crippen molar-refractivity contribution in [1.29, 1.82) is 0 Å². The van der Waals surface area contributed by atoms with Crippen molar-refractivity contribution in [2.75, 3.05) is 37.5 Å². The number of rotatable bonds is 5. The highest BCUT2D eigenvalue weighted by Crippen LogP contribution is 2.31. The topological polar surface area (TPSA) is 104 Å². The summed E-state index contributed by atoms with van der Waals surface area (Å²) in [5.74, 6) is 1.27. The van der Waals surface area contributed by atoms with Crippen LogP contribution in [0.25, 0.3) is 0 Å². The Labute approximate surface area is 133 Å². The van der Waals surface area contributed by atoms with Crippen LogP contribution in [0.2, 0.25) is 0 Å². The molecule has 1 amide bonds. The van der Waals surface area contributed by atoms with E-state index in [0.717, 1.165) is 6.26 Å². The maximum absolute atomic E-state index is 11.9. The van der Waals surface area contributed by atoms with Crippen molar-refractivity contribution in [2.24, 2.45) is 0 Å². The second-order valence-corrected chi connectivity index (χ2v) is 6.74. The third-order valence-electron chi connectivity index (χ3n) is 3.28. The summed E-state index contributed by atoms with van der Waals surface area (Å²) >= 11 is 0. The molecule has 126 valence electrons. The third kappa shape index (κ3) is 3.82. The summed E-state index contributed by atoms with van der Waals surface area (Å²) in [6.45, 7) is 1.08. The van der Waals surface area contributed by atoms with Crippen molar-refractivity contribution in [1.82, 2.24) is 4.98 Å². The molecule has 9 nitrogen and oxygen atoms in total. The highest BCUT2D eigenvalue weighted by atomic mass is 32.2. The van der Waals surface area contributed by atoms with E-state index in [1.165, 1.54) is 4.90 Å². The molecule has 0 spiro atoms. The van der Waals surface area contributed by atoms with Crippen LogP contribution in [0, 0.1) is 0 Å². The van der Waals surface area contributed by atoms with Crippen LogP contribution in [0.15, 0.2) is 12.1 Å². The van der Waals surface area contributed by atoms with Gasteiger partial charge in [0.25, 0.3) is 16.0 Å². The number of fused-ring (bicyclic) bond motifs is 1. The van der Waals surface area contributed by atoms with Crippen molar-refractivity contribution in [3.63, 3.8) is 0 Å². The largest absolute Gasteiger partial charge is 0.484 e. The minimum atomic E-state index is -3.50. The number of ether oxygens (including phenoxy) is 3. The van der Waals surface area contributed by atoms with Gasteiger partial charge in [0.1, 0.15) is 25.1 Å². The molecule has 2 aliphatic rings. The molecule has 1 aromatic rings. The lowest BCUT2D eigenvalue weighted by Crippen LogP contribution is -2.26. The van der Waals surface area contributed by atoms with E-state index in [2.05, 4.69) is 9.17 Å². The van der Waals surface area contributed by atoms with Gasteiger partial charge in [0.05, 0.1) is 19.4 Å². The Hall–Kier alpha value is -2.07. The molecule has 0 radical (unpaired) electrons. The van der Waals surface area contributed by atoms with Crippen LogP contribution >= 0.6 is 0 Å². The Morgan fingerprint density at radius 3 is 2.91 bits per heavy atom. The molecule has 1 unspecified atom stereocenters. The SMILES string of the molecule is CS(=O)(=O)OCCC1CN(c2ccc3c(n2)OCCO3)C(=O)O1. The minimum absolute atomic E-state index is 0.0425. The van der Waals surface area contributed by atoms with E-state index in [1.54, 1.807) is 12.1 Å². The number of nitrogens with zero attached hydrogens (tertiary/aromatic N) is 2. The lowest BCUT2D eigenvalue weighted by molar-refractivity contribution is 0.126. The maximum atomic E-state index is 11.9. The van der Waals surface area contributed by atoms with Gasteiger partial charge in [-0.05, 0) is 12.1 Å². The second kappa shape index (κ2) is 6.20. The molecule has 0 aliphatic carbocycles. The van der Waals surface area contributed by atoms with Crippen LogP contribution in [0.5, 0.6) is 11.6 Å². The molecule has 0 N–H and O–H groups in total. The number of aromatic nitrogens is 1. The fourth-order valence-corrected chi connectivity index (χ4v) is 2.66. The van der Waals surface area contributed by atoms with Crippen molar-refractivity contribution < 1.29 is 31.6 Å². The Kier molecular flexibility index (Phi) is 4.26. The monoisotopic (exact) mass is 344 g/mol. The number of pyridine rings is 1. The summed E-state index contributed by atoms with van der Waals surface area (Å²) in [5.41, 5.74) is 0. The van der Waals surface area contributed by atoms with Crippen molar-refractivity contribution in [3.05, 3.63) is 12.1 Å². The molecule has 1 saturated heterocycles. The van der Waals surface area contributed by atoms with Crippen LogP contribution in [-0.2, 0) is 19.0 Å². The predicted octanol–water partition coefficient (Wildman–Crippen LogP) is 0.544. The van der Waals surface area contributed by atoms with Gasteiger partial charge in [0.15, 0.2) is 5.75 Å². The van der Waals surface area contributed by atoms with Crippen LogP contribution in [0.3, 0.4) is 0 Å². The van der Waals surface area contributed by atoms with E-state index in [4.69, 9.17) is 14.2 Å². The normalized spacial score (nSPS) is 20.5. The molecule has 23 heavy (non-hydrogen) atoms. The summed E-state index contributed by atoms with van der Waals surface area (Å²) in [7, 11) is -3.50. The van der Waals surface area contributed by atoms with Gasteiger partial charge in [0.2, 0.25) is 0 Å². The van der Waals surface area contributed by atoms with Gasteiger partial charge in [-0.25, -0.2) is 4.79 Å². The summed E-state index contributed by atoms with van der Waals surface area (Å²) in [5, 5.41) is 0. The van der Waals surface area contributed by atoms with Crippen molar-refractivity contribution in [3.8, 4) is 11.6 Å². The molecule has 3 rings (SSSR count). The predicted molar refractivity (Wildman–Crippen MR) is 78.3 cm³/mol. The summed E-state index contributed by atoms with van der Waals surface area (Å²) in [6.07, 6.45) is 0.247. The summed E-state index contributed by atoms with van der Waals surface area (Å²) in [6, 6.07) is 3.33. The Morgan fingerprint density at radius 1 is 1.35 bits per heavy atom. The van der Waals surface area contributed by atoms with Gasteiger partial charge >= 0.3 is 6.09 Å². The van der Waals surface area contributed by atoms with E-state index in [1.807, 2.05) is 0 Å². The molecule has 1 fully saturated rings. The van der Waals surface area contributed by atoms with Gasteiger partial charge in [-0.2, -0.15) is 13.4 Å². The van der Waals surface area contributed by atoms with E-state index < -0.39 is 22.3 Å². The first-order valence-electron chi connectivity index (χ1n) is 7.01. The molecule has 10 heteroatoms. The Bertz CT molecular complexity index is 706. The number of carbonyl (C=O) groups excluding carboxylic acids is 1. The number of hydrogen-bond donors (Lipinski definition) is 0. The van der Waals surface area contributed by atoms with Crippen LogP contribution in [-0.4, -0.2) is 58.2 Å². The average Bonchev–Trinajstić information content (AvgIpc) is 2.86. The maximum Gasteiger partial charge on any atom is 0.415 e. The van der Waals surface area contributed by atoms with Crippen molar-refractivity contribution in [2.45, 2.75) is 12.5 Å². The molecule has 0 aromatic carbocycles. The minimum Gasteiger partial charge on any atom is -0.484 e. The van der Waals surface area contributed by atoms with Gasteiger partial charge in [-0.15, -0.1) is 0 Å². The molecule has 0 saturated carbocycles. The van der Waals surface area contributed by atoms with Crippen LogP contribution < -0.4 is 14.4 Å². The van der Waals surface area contributed by atoms with Gasteiger partial charge in [-0.3, -0.25) is 9.08 Å². The fourth-order valence-electron chi connectivity index (χ4n) is 2.26. The molecule has 1 atom stereocenters. The summed E-state index contributed by atoms with van der Waals surface area (Å²) < 4.78 is 42.4. The smallest absolute Gasteiger partial charge is 0.415 e.